The summed E-state index contributed by atoms with van der Waals surface area (Å²) in [5.41, 5.74) is 3.11. The fourth-order valence-corrected chi connectivity index (χ4v) is 5.63. The van der Waals surface area contributed by atoms with Crippen molar-refractivity contribution in [3.05, 3.63) is 35.4 Å². The van der Waals surface area contributed by atoms with E-state index in [-0.39, 0.29) is 34.0 Å². The van der Waals surface area contributed by atoms with Crippen LogP contribution in [0.3, 0.4) is 0 Å². The standard InChI is InChI=1S/C32H62N2.2BrH/c1-7-13-23-33(24-14-8-2,25-15-9-3)29-31-19-21-32(22-20-31)30-34(26-16-10-4,27-17-11-5)28-18-12-6;;/h19-22H,7-18,23-30H2,1-6H3;2*1H/q+2;;/p-2. The summed E-state index contributed by atoms with van der Waals surface area (Å²) >= 11 is 0. The Bertz CT molecular complexity index is 506. The normalized spacial score (nSPS) is 11.7. The topological polar surface area (TPSA) is 0 Å². The lowest BCUT2D eigenvalue weighted by molar-refractivity contribution is -0.941. The highest BCUT2D eigenvalue weighted by atomic mass is 79.9. The van der Waals surface area contributed by atoms with Gasteiger partial charge in [0.05, 0.1) is 39.3 Å². The van der Waals surface area contributed by atoms with Crippen LogP contribution >= 0.6 is 0 Å². The summed E-state index contributed by atoms with van der Waals surface area (Å²) in [7, 11) is 0. The molecule has 214 valence electrons. The Morgan fingerprint density at radius 1 is 0.389 bits per heavy atom. The lowest BCUT2D eigenvalue weighted by atomic mass is 10.1. The average Bonchev–Trinajstić information content (AvgIpc) is 2.86. The number of quaternary nitrogens is 2. The molecule has 0 aliphatic rings. The molecule has 36 heavy (non-hydrogen) atoms. The maximum absolute atomic E-state index is 2.49. The molecule has 0 fully saturated rings. The summed E-state index contributed by atoms with van der Waals surface area (Å²) in [5.74, 6) is 0. The van der Waals surface area contributed by atoms with Gasteiger partial charge in [-0.25, -0.2) is 0 Å². The highest BCUT2D eigenvalue weighted by Gasteiger charge is 2.28. The Balaban J connectivity index is 0. The Labute approximate surface area is 248 Å². The fourth-order valence-electron chi connectivity index (χ4n) is 5.63. The molecule has 1 aromatic rings. The van der Waals surface area contributed by atoms with Crippen molar-refractivity contribution in [2.75, 3.05) is 39.3 Å². The molecule has 0 N–H and O–H groups in total. The number of halogens is 2. The van der Waals surface area contributed by atoms with E-state index in [2.05, 4.69) is 65.8 Å². The molecule has 0 aromatic heterocycles. The number of nitrogens with zero attached hydrogens (tertiary/aromatic N) is 2. The molecular weight excluding hydrogens is 572 g/mol. The third-order valence-corrected chi connectivity index (χ3v) is 7.97. The van der Waals surface area contributed by atoms with Gasteiger partial charge in [-0.3, -0.25) is 0 Å². The molecule has 0 spiro atoms. The number of unbranched alkanes of at least 4 members (excludes halogenated alkanes) is 6. The number of benzene rings is 1. The second-order valence-corrected chi connectivity index (χ2v) is 11.3. The van der Waals surface area contributed by atoms with Gasteiger partial charge >= 0.3 is 0 Å². The van der Waals surface area contributed by atoms with Crippen molar-refractivity contribution in [2.24, 2.45) is 0 Å². The predicted octanol–water partition coefficient (Wildman–Crippen LogP) is 3.13. The second-order valence-electron chi connectivity index (χ2n) is 11.3. The van der Waals surface area contributed by atoms with Crippen molar-refractivity contribution in [1.29, 1.82) is 0 Å². The van der Waals surface area contributed by atoms with Crippen LogP contribution in [-0.4, -0.2) is 48.2 Å². The van der Waals surface area contributed by atoms with Crippen LogP contribution in [0.25, 0.3) is 0 Å². The first kappa shape index (κ1) is 38.2. The van der Waals surface area contributed by atoms with Gasteiger partial charge in [0.2, 0.25) is 0 Å². The smallest absolute Gasteiger partial charge is 0.104 e. The SMILES string of the molecule is CCCC[N+](CCCC)(CCCC)Cc1ccc(C[N+](CCCC)(CCCC)CCCC)cc1.[Br-].[Br-]. The molecule has 0 aliphatic carbocycles. The number of rotatable bonds is 22. The molecule has 1 rings (SSSR count). The van der Waals surface area contributed by atoms with E-state index in [1.165, 1.54) is 138 Å². The minimum Gasteiger partial charge on any atom is -1.00 e. The molecule has 0 saturated carbocycles. The van der Waals surface area contributed by atoms with Crippen molar-refractivity contribution in [3.8, 4) is 0 Å². The highest BCUT2D eigenvalue weighted by Crippen LogP contribution is 2.23. The molecule has 0 saturated heterocycles. The number of hydrogen-bond donors (Lipinski definition) is 0. The monoisotopic (exact) mass is 632 g/mol. The maximum atomic E-state index is 2.49. The van der Waals surface area contributed by atoms with E-state index < -0.39 is 0 Å². The van der Waals surface area contributed by atoms with E-state index in [0.717, 1.165) is 0 Å². The zero-order chi connectivity index (χ0) is 25.1. The van der Waals surface area contributed by atoms with Crippen LogP contribution in [0, 0.1) is 0 Å². The lowest BCUT2D eigenvalue weighted by Crippen LogP contribution is -3.00. The fraction of sp³-hybridized carbons (Fsp3) is 0.812. The molecule has 0 atom stereocenters. The maximum Gasteiger partial charge on any atom is 0.104 e. The first-order valence-electron chi connectivity index (χ1n) is 15.3. The molecule has 4 heteroatoms. The number of hydrogen-bond acceptors (Lipinski definition) is 0. The molecular formula is C32H62Br2N2. The molecule has 0 radical (unpaired) electrons. The van der Waals surface area contributed by atoms with E-state index >= 15 is 0 Å². The van der Waals surface area contributed by atoms with Crippen molar-refractivity contribution in [1.82, 2.24) is 0 Å². The molecule has 1 aromatic carbocycles. The van der Waals surface area contributed by atoms with Crippen molar-refractivity contribution in [3.63, 3.8) is 0 Å². The minimum atomic E-state index is 0. The third-order valence-electron chi connectivity index (χ3n) is 7.97. The van der Waals surface area contributed by atoms with Crippen LogP contribution < -0.4 is 34.0 Å². The van der Waals surface area contributed by atoms with Gasteiger partial charge in [-0.1, -0.05) is 104 Å². The van der Waals surface area contributed by atoms with Gasteiger partial charge in [0.1, 0.15) is 13.1 Å². The van der Waals surface area contributed by atoms with Crippen molar-refractivity contribution >= 4 is 0 Å². The van der Waals surface area contributed by atoms with Gasteiger partial charge < -0.3 is 42.9 Å². The summed E-state index contributed by atoms with van der Waals surface area (Å²) < 4.78 is 2.61. The summed E-state index contributed by atoms with van der Waals surface area (Å²) in [6, 6.07) is 9.95. The van der Waals surface area contributed by atoms with E-state index in [0.29, 0.717) is 0 Å². The lowest BCUT2D eigenvalue weighted by Gasteiger charge is -2.40. The second kappa shape index (κ2) is 23.0. The van der Waals surface area contributed by atoms with E-state index in [4.69, 9.17) is 0 Å². The van der Waals surface area contributed by atoms with Crippen LogP contribution in [0.4, 0.5) is 0 Å². The van der Waals surface area contributed by atoms with E-state index in [1.54, 1.807) is 11.1 Å². The molecule has 0 amide bonds. The van der Waals surface area contributed by atoms with E-state index in [9.17, 15) is 0 Å². The van der Waals surface area contributed by atoms with Crippen LogP contribution in [-0.2, 0) is 13.1 Å². The van der Waals surface area contributed by atoms with Gasteiger partial charge in [0.25, 0.3) is 0 Å². The van der Waals surface area contributed by atoms with Gasteiger partial charge in [0, 0.05) is 11.1 Å². The van der Waals surface area contributed by atoms with Crippen molar-refractivity contribution in [2.45, 2.75) is 132 Å². The van der Waals surface area contributed by atoms with Crippen LogP contribution in [0.5, 0.6) is 0 Å². The highest BCUT2D eigenvalue weighted by molar-refractivity contribution is 5.21. The van der Waals surface area contributed by atoms with E-state index in [1.807, 2.05) is 0 Å². The van der Waals surface area contributed by atoms with Gasteiger partial charge in [-0.05, 0) is 38.5 Å². The van der Waals surface area contributed by atoms with Gasteiger partial charge in [0.15, 0.2) is 0 Å². The van der Waals surface area contributed by atoms with Gasteiger partial charge in [-0.15, -0.1) is 0 Å². The van der Waals surface area contributed by atoms with Crippen molar-refractivity contribution < 1.29 is 42.9 Å². The molecule has 0 aliphatic heterocycles. The first-order chi connectivity index (χ1) is 16.5. The quantitative estimate of drug-likeness (QED) is 0.172. The molecule has 0 heterocycles. The molecule has 2 nitrogen and oxygen atoms in total. The largest absolute Gasteiger partial charge is 1.00 e. The Hall–Kier alpha value is 0.1000. The average molecular weight is 635 g/mol. The summed E-state index contributed by atoms with van der Waals surface area (Å²) in [5, 5.41) is 0. The minimum absolute atomic E-state index is 0. The summed E-state index contributed by atoms with van der Waals surface area (Å²) in [4.78, 5) is 0. The zero-order valence-corrected chi connectivity index (χ0v) is 28.3. The van der Waals surface area contributed by atoms with Crippen LogP contribution in [0.1, 0.15) is 130 Å². The zero-order valence-electron chi connectivity index (χ0n) is 25.1. The Morgan fingerprint density at radius 3 is 0.750 bits per heavy atom. The molecule has 0 unspecified atom stereocenters. The first-order valence-corrected chi connectivity index (χ1v) is 15.3. The van der Waals surface area contributed by atoms with Crippen LogP contribution in [0.15, 0.2) is 24.3 Å². The Kier molecular flexibility index (Phi) is 24.5. The Morgan fingerprint density at radius 2 is 0.583 bits per heavy atom. The predicted molar refractivity (Wildman–Crippen MR) is 153 cm³/mol. The summed E-state index contributed by atoms with van der Waals surface area (Å²) in [6.07, 6.45) is 16.0. The molecule has 0 bridgehead atoms. The van der Waals surface area contributed by atoms with Gasteiger partial charge in [-0.2, -0.15) is 0 Å². The summed E-state index contributed by atoms with van der Waals surface area (Å²) in [6.45, 7) is 24.7. The third kappa shape index (κ3) is 14.9. The van der Waals surface area contributed by atoms with Crippen LogP contribution in [0.2, 0.25) is 0 Å².